The summed E-state index contributed by atoms with van der Waals surface area (Å²) in [5, 5.41) is 33.7. The number of aromatic nitrogens is 9. The Labute approximate surface area is 641 Å². The highest BCUT2D eigenvalue weighted by molar-refractivity contribution is 6.62. The van der Waals surface area contributed by atoms with E-state index in [-0.39, 0.29) is 78.2 Å². The number of carbonyl (C=O) groups is 5. The van der Waals surface area contributed by atoms with Crippen LogP contribution in [0, 0.1) is 13.8 Å². The van der Waals surface area contributed by atoms with E-state index in [1.165, 1.54) is 23.1 Å². The zero-order valence-corrected chi connectivity index (χ0v) is 63.4. The molecule has 7 N–H and O–H groups in total. The van der Waals surface area contributed by atoms with Gasteiger partial charge in [0.25, 0.3) is 0 Å². The zero-order valence-electron chi connectivity index (χ0n) is 59.6. The molecule has 5 aliphatic heterocycles. The first-order chi connectivity index (χ1) is 50.1. The van der Waals surface area contributed by atoms with Gasteiger partial charge in [-0.25, -0.2) is 44.3 Å². The Morgan fingerprint density at radius 3 is 1.47 bits per heavy atom. The second kappa shape index (κ2) is 36.6. The molecule has 4 atom stereocenters. The highest BCUT2D eigenvalue weighted by Crippen LogP contribution is 2.37. The summed E-state index contributed by atoms with van der Waals surface area (Å²) >= 11 is 29.2. The predicted octanol–water partition coefficient (Wildman–Crippen LogP) is 11.3. The molecule has 11 heterocycles. The number of ether oxygens (including phenoxy) is 3. The summed E-state index contributed by atoms with van der Waals surface area (Å²) < 4.78 is 30.3. The lowest BCUT2D eigenvalue weighted by atomic mass is 9.81. The van der Waals surface area contributed by atoms with Gasteiger partial charge in [-0.2, -0.15) is 0 Å². The minimum atomic E-state index is -0.728. The molecule has 0 saturated carbocycles. The fraction of sp³-hybridized carbons (Fsp3) is 0.438. The number of carbonyl (C=O) groups excluding carboxylic acids is 5. The Morgan fingerprint density at radius 2 is 1.08 bits per heavy atom. The normalized spacial score (nSPS) is 17.2. The van der Waals surface area contributed by atoms with E-state index in [0.717, 1.165) is 64.8 Å². The van der Waals surface area contributed by atoms with Crippen molar-refractivity contribution in [1.82, 2.24) is 64.5 Å². The number of amides is 4. The molecular formula is C73H89BCl5N15O12. The number of aliphatic hydroxyl groups excluding tert-OH is 2. The molecule has 4 amide bonds. The lowest BCUT2D eigenvalue weighted by Crippen LogP contribution is -2.52. The summed E-state index contributed by atoms with van der Waals surface area (Å²) in [5.74, 6) is -0.103. The minimum absolute atomic E-state index is 0. The molecule has 13 rings (SSSR count). The summed E-state index contributed by atoms with van der Waals surface area (Å²) in [6, 6.07) is 18.0. The summed E-state index contributed by atoms with van der Waals surface area (Å²) in [5.41, 5.74) is 8.23. The van der Waals surface area contributed by atoms with Gasteiger partial charge in [0, 0.05) is 111 Å². The molecule has 0 bridgehead atoms. The van der Waals surface area contributed by atoms with E-state index in [9.17, 15) is 34.2 Å². The Hall–Kier alpha value is -8.26. The second-order valence-corrected chi connectivity index (χ2v) is 28.8. The smallest absolute Gasteiger partial charge is 0.464 e. The van der Waals surface area contributed by atoms with Gasteiger partial charge in [0.1, 0.15) is 17.8 Å². The minimum Gasteiger partial charge on any atom is -0.464 e. The number of rotatable bonds is 18. The standard InChI is InChI=1S/2C28H33ClN6O4.C12H18BNO4.C4HCl3N2.CH4/c2*1-17-4-3-5-19(12-17)24(16-36)32-26(37)18(2)34-9-6-22-13-20(15-35(22)28(34)38)25-23(29)14-30-27(33-25)31-21-7-10-39-11-8-21;1-11(2)12(3,4)18-13(17-11)8-6-9(14-7-8)10(15)16-5;5-2-1-8-4(7)9-3(2)6;/h2*3-5,12-15,18,21,24,36H,6-11,16H2,1-2H3,(H,32,37)(H,30,31,33);6-7,14H,1-5H3;1H;1H4/t18-,24+;18-,24-;;;/m01.../s1. The van der Waals surface area contributed by atoms with E-state index in [1.807, 2.05) is 102 Å². The average Bonchev–Trinajstić information content (AvgIpc) is 1.63. The van der Waals surface area contributed by atoms with Gasteiger partial charge >= 0.3 is 25.1 Å². The number of nitrogens with zero attached hydrogens (tertiary/aromatic N) is 10. The van der Waals surface area contributed by atoms with Gasteiger partial charge < -0.3 is 69.8 Å². The van der Waals surface area contributed by atoms with Crippen LogP contribution in [-0.4, -0.2) is 196 Å². The van der Waals surface area contributed by atoms with Crippen LogP contribution in [0.25, 0.3) is 22.5 Å². The maximum atomic E-state index is 13.5. The van der Waals surface area contributed by atoms with Crippen LogP contribution in [0.3, 0.4) is 0 Å². The van der Waals surface area contributed by atoms with Gasteiger partial charge in [-0.15, -0.1) is 0 Å². The molecule has 0 spiro atoms. The van der Waals surface area contributed by atoms with Gasteiger partial charge in [-0.1, -0.05) is 113 Å². The number of nitrogens with one attached hydrogen (secondary N) is 5. The van der Waals surface area contributed by atoms with Crippen LogP contribution < -0.4 is 26.7 Å². The van der Waals surface area contributed by atoms with Gasteiger partial charge in [0.05, 0.1) is 88.7 Å². The summed E-state index contributed by atoms with van der Waals surface area (Å²) in [6.45, 7) is 18.3. The number of halogens is 5. The number of H-pyrrole nitrogens is 1. The lowest BCUT2D eigenvalue weighted by Gasteiger charge is -2.33. The van der Waals surface area contributed by atoms with Crippen molar-refractivity contribution >= 4 is 112 Å². The average molecular weight is 1560 g/mol. The third kappa shape index (κ3) is 20.1. The third-order valence-electron chi connectivity index (χ3n) is 19.0. The van der Waals surface area contributed by atoms with Crippen LogP contribution in [0.4, 0.5) is 21.5 Å². The molecule has 106 heavy (non-hydrogen) atoms. The SMILES string of the molecule is C.COC(=O)c1cc(B2OC(C)(C)C(C)(C)O2)c[nH]1.Cc1cccc([C@@H](CO)NC(=O)[C@@H](C)N2CCc3cc(-c4nc(NC5CCOCC5)ncc4Cl)cn3C2=O)c1.Cc1cccc([C@@H](CO)NC(=O)[C@H](C)N2CCc3cc(-c4nc(NC5CCOCC5)ncc4Cl)cn3C2=O)c1.Clc1ncc(Cl)c(Cl)n1. The van der Waals surface area contributed by atoms with Crippen molar-refractivity contribution in [3.63, 3.8) is 0 Å². The van der Waals surface area contributed by atoms with E-state index >= 15 is 0 Å². The van der Waals surface area contributed by atoms with E-state index in [0.29, 0.717) is 108 Å². The largest absolute Gasteiger partial charge is 0.496 e. The van der Waals surface area contributed by atoms with Crippen LogP contribution in [0.15, 0.2) is 104 Å². The summed E-state index contributed by atoms with van der Waals surface area (Å²) in [4.78, 5) is 95.5. The molecule has 8 aromatic rings. The summed E-state index contributed by atoms with van der Waals surface area (Å²) in [7, 11) is 0.877. The molecule has 0 unspecified atom stereocenters. The number of methoxy groups -OCH3 is 1. The van der Waals surface area contributed by atoms with Gasteiger partial charge in [-0.3, -0.25) is 18.7 Å². The van der Waals surface area contributed by atoms with E-state index in [1.54, 1.807) is 60.0 Å². The monoisotopic (exact) mass is 1550 g/mol. The van der Waals surface area contributed by atoms with E-state index < -0.39 is 37.3 Å². The van der Waals surface area contributed by atoms with Gasteiger partial charge in [0.2, 0.25) is 29.0 Å². The Balaban J connectivity index is 0.000000182. The van der Waals surface area contributed by atoms with Gasteiger partial charge in [-0.05, 0) is 122 Å². The molecule has 27 nitrogen and oxygen atoms in total. The lowest BCUT2D eigenvalue weighted by molar-refractivity contribution is -0.126. The molecule has 0 radical (unpaired) electrons. The summed E-state index contributed by atoms with van der Waals surface area (Å²) in [6.07, 6.45) is 14.3. The maximum Gasteiger partial charge on any atom is 0.496 e. The highest BCUT2D eigenvalue weighted by Gasteiger charge is 2.52. The quantitative estimate of drug-likeness (QED) is 0.0182. The number of aromatic amines is 1. The number of anilines is 2. The predicted molar refractivity (Wildman–Crippen MR) is 407 cm³/mol. The van der Waals surface area contributed by atoms with E-state index in [4.69, 9.17) is 76.8 Å². The first kappa shape index (κ1) is 81.8. The molecule has 3 saturated heterocycles. The number of esters is 1. The molecule has 5 aliphatic rings. The van der Waals surface area contributed by atoms with Crippen LogP contribution in [0.5, 0.6) is 0 Å². The third-order valence-corrected chi connectivity index (χ3v) is 20.4. The number of hydrogen-bond acceptors (Lipinski definition) is 20. The molecular weight excluding hydrogens is 1470 g/mol. The van der Waals surface area contributed by atoms with Crippen molar-refractivity contribution in [3.05, 3.63) is 169 Å². The van der Waals surface area contributed by atoms with Crippen molar-refractivity contribution in [1.29, 1.82) is 0 Å². The highest BCUT2D eigenvalue weighted by atomic mass is 35.5. The maximum absolute atomic E-state index is 13.5. The van der Waals surface area contributed by atoms with Crippen LogP contribution in [-0.2, 0) is 46.0 Å². The molecule has 2 aromatic carbocycles. The molecule has 0 aliphatic carbocycles. The molecule has 3 fully saturated rings. The first-order valence-electron chi connectivity index (χ1n) is 34.3. The Bertz CT molecular complexity index is 4180. The van der Waals surface area contributed by atoms with E-state index in [2.05, 4.69) is 60.9 Å². The Morgan fingerprint density at radius 1 is 0.642 bits per heavy atom. The van der Waals surface area contributed by atoms with Crippen molar-refractivity contribution < 1.29 is 57.7 Å². The number of aliphatic hydroxyl groups is 2. The number of hydrogen-bond donors (Lipinski definition) is 7. The Kier molecular flexibility index (Phi) is 28.2. The number of benzene rings is 2. The topological polar surface area (TPSA) is 330 Å². The fourth-order valence-corrected chi connectivity index (χ4v) is 13.0. The van der Waals surface area contributed by atoms with Gasteiger partial charge in [0.15, 0.2) is 5.15 Å². The van der Waals surface area contributed by atoms with Crippen LogP contribution in [0.2, 0.25) is 25.5 Å². The van der Waals surface area contributed by atoms with Crippen molar-refractivity contribution in [2.24, 2.45) is 0 Å². The van der Waals surface area contributed by atoms with Crippen LogP contribution in [0.1, 0.15) is 131 Å². The second-order valence-electron chi connectivity index (χ2n) is 26.8. The number of aryl methyl sites for hydroxylation is 2. The molecule has 6 aromatic heterocycles. The van der Waals surface area contributed by atoms with Crippen LogP contribution >= 0.6 is 58.0 Å². The zero-order chi connectivity index (χ0) is 75.4. The number of fused-ring (bicyclic) bond motifs is 2. The van der Waals surface area contributed by atoms with Crippen molar-refractivity contribution in [3.8, 4) is 22.5 Å². The van der Waals surface area contributed by atoms with Crippen molar-refractivity contribution in [2.45, 2.75) is 149 Å². The fourth-order valence-electron chi connectivity index (χ4n) is 12.2. The molecule has 33 heteroatoms. The first-order valence-corrected chi connectivity index (χ1v) is 36.2. The molecule has 566 valence electrons. The van der Waals surface area contributed by atoms with Crippen molar-refractivity contribution in [2.75, 3.05) is 70.5 Å².